The van der Waals surface area contributed by atoms with Crippen molar-refractivity contribution in [3.63, 3.8) is 0 Å². The minimum atomic E-state index is -4.36. The monoisotopic (exact) mass is 443 g/mol. The zero-order chi connectivity index (χ0) is 21.6. The quantitative estimate of drug-likeness (QED) is 0.704. The second kappa shape index (κ2) is 7.40. The molecule has 3 N–H and O–H groups in total. The number of hydrogen-bond acceptors (Lipinski definition) is 7. The highest BCUT2D eigenvalue weighted by Gasteiger charge is 2.45. The minimum absolute atomic E-state index is 0.148. The van der Waals surface area contributed by atoms with Crippen LogP contribution >= 0.6 is 0 Å². The van der Waals surface area contributed by atoms with Crippen molar-refractivity contribution < 1.29 is 30.9 Å². The van der Waals surface area contributed by atoms with Crippen LogP contribution in [0.25, 0.3) is 11.4 Å². The molecule has 0 bridgehead atoms. The van der Waals surface area contributed by atoms with Crippen molar-refractivity contribution in [2.45, 2.75) is 32.0 Å². The smallest absolute Gasteiger partial charge is 0.364 e. The molecule has 0 saturated carbocycles. The lowest BCUT2D eigenvalue weighted by Crippen LogP contribution is -2.39. The largest absolute Gasteiger partial charge is 0.491 e. The number of alkyl halides is 2. The summed E-state index contributed by atoms with van der Waals surface area (Å²) in [5, 5.41) is 2.95. The summed E-state index contributed by atoms with van der Waals surface area (Å²) < 4.78 is 63.5. The predicted molar refractivity (Wildman–Crippen MR) is 103 cm³/mol. The van der Waals surface area contributed by atoms with Gasteiger partial charge < -0.3 is 20.4 Å². The summed E-state index contributed by atoms with van der Waals surface area (Å²) in [5.74, 6) is 0.138. The van der Waals surface area contributed by atoms with Crippen LogP contribution in [0.15, 0.2) is 24.4 Å². The molecule has 0 radical (unpaired) electrons. The number of carbonyl (C=O) groups excluding carboxylic acids is 1. The third-order valence-corrected chi connectivity index (χ3v) is 6.21. The van der Waals surface area contributed by atoms with Crippen LogP contribution in [-0.4, -0.2) is 55.6 Å². The lowest BCUT2D eigenvalue weighted by Gasteiger charge is -2.19. The molecule has 2 aliphatic rings. The molecule has 0 unspecified atom stereocenters. The number of ether oxygens (including phenoxy) is 1. The normalized spacial score (nSPS) is 20.8. The Morgan fingerprint density at radius 1 is 1.40 bits per heavy atom. The summed E-state index contributed by atoms with van der Waals surface area (Å²) in [6.45, 7) is 1.54. The second-order valence-corrected chi connectivity index (χ2v) is 8.37. The Hall–Kier alpha value is -2.93. The van der Waals surface area contributed by atoms with Gasteiger partial charge in [0.1, 0.15) is 30.3 Å². The highest BCUT2D eigenvalue weighted by atomic mass is 32.2. The van der Waals surface area contributed by atoms with Crippen LogP contribution in [0.1, 0.15) is 6.92 Å². The number of aromatic nitrogens is 2. The van der Waals surface area contributed by atoms with Gasteiger partial charge in [-0.05, 0) is 19.1 Å². The molecule has 10 nitrogen and oxygen atoms in total. The lowest BCUT2D eigenvalue weighted by atomic mass is 10.1. The van der Waals surface area contributed by atoms with Crippen LogP contribution < -0.4 is 20.1 Å². The molecule has 2 atom stereocenters. The summed E-state index contributed by atoms with van der Waals surface area (Å²) in [4.78, 5) is 15.6. The van der Waals surface area contributed by atoms with Gasteiger partial charge in [0.15, 0.2) is 5.82 Å². The number of halogens is 2. The Bertz CT molecular complexity index is 1090. The molecule has 2 aromatic rings. The fourth-order valence-corrected chi connectivity index (χ4v) is 4.52. The topological polar surface area (TPSA) is 129 Å². The molecule has 13 heteroatoms. The van der Waals surface area contributed by atoms with Crippen molar-refractivity contribution in [3.8, 4) is 17.1 Å². The highest BCUT2D eigenvalue weighted by molar-refractivity contribution is 7.88. The maximum absolute atomic E-state index is 13.3. The fourth-order valence-electron chi connectivity index (χ4n) is 3.29. The van der Waals surface area contributed by atoms with Crippen molar-refractivity contribution in [2.75, 3.05) is 22.8 Å². The molecule has 3 heterocycles. The van der Waals surface area contributed by atoms with Crippen LogP contribution in [-0.2, 0) is 25.8 Å². The van der Waals surface area contributed by atoms with E-state index in [2.05, 4.69) is 14.5 Å². The van der Waals surface area contributed by atoms with Crippen molar-refractivity contribution in [1.82, 2.24) is 9.55 Å². The lowest BCUT2D eigenvalue weighted by molar-refractivity contribution is -0.118. The van der Waals surface area contributed by atoms with Gasteiger partial charge in [0.05, 0.1) is 18.7 Å². The number of carbonyl (C=O) groups is 1. The Kier molecular flexibility index (Phi) is 5.02. The summed E-state index contributed by atoms with van der Waals surface area (Å²) >= 11 is 0. The van der Waals surface area contributed by atoms with Gasteiger partial charge in [-0.25, -0.2) is 18.1 Å². The van der Waals surface area contributed by atoms with E-state index in [1.165, 1.54) is 6.20 Å². The van der Waals surface area contributed by atoms with E-state index in [1.807, 2.05) is 0 Å². The Morgan fingerprint density at radius 3 is 2.87 bits per heavy atom. The second-order valence-electron chi connectivity index (χ2n) is 6.88. The van der Waals surface area contributed by atoms with Gasteiger partial charge in [-0.2, -0.15) is 8.42 Å². The number of hydrogen-bond donors (Lipinski definition) is 2. The van der Waals surface area contributed by atoms with Crippen LogP contribution in [0.5, 0.6) is 5.75 Å². The molecule has 162 valence electrons. The maximum atomic E-state index is 13.3. The number of amides is 1. The number of benzene rings is 1. The van der Waals surface area contributed by atoms with Crippen LogP contribution in [0, 0.1) is 0 Å². The molecular formula is C17H19F2N5O5S. The van der Waals surface area contributed by atoms with Crippen LogP contribution in [0.4, 0.5) is 20.3 Å². The molecule has 30 heavy (non-hydrogen) atoms. The van der Waals surface area contributed by atoms with Gasteiger partial charge in [0.2, 0.25) is 5.91 Å². The van der Waals surface area contributed by atoms with Gasteiger partial charge in [0, 0.05) is 18.0 Å². The first-order chi connectivity index (χ1) is 14.2. The molecule has 2 aliphatic heterocycles. The molecule has 0 aliphatic carbocycles. The van der Waals surface area contributed by atoms with E-state index in [1.54, 1.807) is 29.7 Å². The van der Waals surface area contributed by atoms with Gasteiger partial charge in [-0.3, -0.25) is 8.98 Å². The summed E-state index contributed by atoms with van der Waals surface area (Å²) in [7, 11) is -4.36. The number of fused-ring (bicyclic) bond motifs is 3. The van der Waals surface area contributed by atoms with E-state index in [0.717, 1.165) is 0 Å². The predicted octanol–water partition coefficient (Wildman–Crippen LogP) is 0.943. The highest BCUT2D eigenvalue weighted by Crippen LogP contribution is 2.37. The molecule has 1 aromatic heterocycles. The maximum Gasteiger partial charge on any atom is 0.364 e. The standard InChI is InChI=1S/C17H19F2N5O5S/c1-9(16(20)25)21-10-2-3-11-13(6-10)28-5-4-23-7-14(22-17(11)23)24-12(15(18)19)8-29-30(24,26)27/h2-3,6-7,9,12,15,21H,4-5,8H2,1H3,(H2,20,25)/t9-,12-/m0/s1. The third kappa shape index (κ3) is 3.54. The van der Waals surface area contributed by atoms with E-state index >= 15 is 0 Å². The molecule has 4 rings (SSSR count). The number of imidazole rings is 1. The summed E-state index contributed by atoms with van der Waals surface area (Å²) in [5.41, 5.74) is 6.40. The van der Waals surface area contributed by atoms with Crippen molar-refractivity contribution in [1.29, 1.82) is 0 Å². The van der Waals surface area contributed by atoms with Crippen LogP contribution in [0.3, 0.4) is 0 Å². The molecular weight excluding hydrogens is 424 g/mol. The molecule has 1 saturated heterocycles. The zero-order valence-corrected chi connectivity index (χ0v) is 16.6. The first-order valence-corrected chi connectivity index (χ1v) is 10.4. The zero-order valence-electron chi connectivity index (χ0n) is 15.8. The van der Waals surface area contributed by atoms with E-state index in [0.29, 0.717) is 33.7 Å². The van der Waals surface area contributed by atoms with Crippen molar-refractivity contribution >= 4 is 27.7 Å². The Morgan fingerprint density at radius 2 is 2.17 bits per heavy atom. The average Bonchev–Trinajstić information content (AvgIpc) is 3.17. The van der Waals surface area contributed by atoms with Gasteiger partial charge in [-0.1, -0.05) is 0 Å². The molecule has 1 fully saturated rings. The third-order valence-electron chi connectivity index (χ3n) is 4.83. The van der Waals surface area contributed by atoms with Crippen LogP contribution in [0.2, 0.25) is 0 Å². The van der Waals surface area contributed by atoms with Gasteiger partial charge in [0.25, 0.3) is 6.43 Å². The number of nitrogens with zero attached hydrogens (tertiary/aromatic N) is 3. The van der Waals surface area contributed by atoms with E-state index in [-0.39, 0.29) is 12.4 Å². The number of nitrogens with two attached hydrogens (primary N) is 1. The van der Waals surface area contributed by atoms with Gasteiger partial charge in [-0.15, -0.1) is 0 Å². The number of rotatable bonds is 5. The Balaban J connectivity index is 1.72. The number of primary amides is 1. The van der Waals surface area contributed by atoms with Gasteiger partial charge >= 0.3 is 10.3 Å². The summed E-state index contributed by atoms with van der Waals surface area (Å²) in [6, 6.07) is 2.78. The average molecular weight is 443 g/mol. The first kappa shape index (κ1) is 20.3. The molecule has 1 aromatic carbocycles. The minimum Gasteiger partial charge on any atom is -0.491 e. The SMILES string of the molecule is C[C@H](Nc1ccc2c(c1)OCCn1cc(N3[C@H](C(F)F)COS3(=O)=O)nc1-2)C(N)=O. The number of anilines is 2. The summed E-state index contributed by atoms with van der Waals surface area (Å²) in [6.07, 6.45) is -1.54. The van der Waals surface area contributed by atoms with Crippen molar-refractivity contribution in [3.05, 3.63) is 24.4 Å². The number of nitrogens with one attached hydrogen (secondary N) is 1. The first-order valence-electron chi connectivity index (χ1n) is 9.04. The van der Waals surface area contributed by atoms with E-state index < -0.39 is 41.3 Å². The van der Waals surface area contributed by atoms with E-state index in [4.69, 9.17) is 10.5 Å². The molecule has 1 amide bonds. The van der Waals surface area contributed by atoms with E-state index in [9.17, 15) is 22.0 Å². The fraction of sp³-hybridized carbons (Fsp3) is 0.412. The molecule has 0 spiro atoms. The van der Waals surface area contributed by atoms with Crippen molar-refractivity contribution in [2.24, 2.45) is 5.73 Å². The Labute approximate surface area is 170 Å².